The molecule has 0 bridgehead atoms. The SMILES string of the molecule is OCC(Cc1cccc(Cl)c1)Cc1cncc(Br)c1. The molecule has 1 N–H and O–H groups in total. The van der Waals surface area contributed by atoms with E-state index >= 15 is 0 Å². The minimum atomic E-state index is 0.152. The maximum absolute atomic E-state index is 9.52. The van der Waals surface area contributed by atoms with Crippen molar-refractivity contribution in [3.8, 4) is 0 Å². The molecule has 0 aliphatic heterocycles. The summed E-state index contributed by atoms with van der Waals surface area (Å²) < 4.78 is 0.962. The normalized spacial score (nSPS) is 12.4. The van der Waals surface area contributed by atoms with E-state index in [0.717, 1.165) is 33.5 Å². The van der Waals surface area contributed by atoms with Crippen LogP contribution in [-0.4, -0.2) is 16.7 Å². The summed E-state index contributed by atoms with van der Waals surface area (Å²) in [5.74, 6) is 0.176. The van der Waals surface area contributed by atoms with Crippen LogP contribution in [-0.2, 0) is 12.8 Å². The Bertz CT molecular complexity index is 500. The Morgan fingerprint density at radius 2 is 1.95 bits per heavy atom. The summed E-state index contributed by atoms with van der Waals surface area (Å²) in [5, 5.41) is 10.3. The minimum absolute atomic E-state index is 0.152. The lowest BCUT2D eigenvalue weighted by Crippen LogP contribution is -2.13. The van der Waals surface area contributed by atoms with Crippen molar-refractivity contribution >= 4 is 27.5 Å². The van der Waals surface area contributed by atoms with Gasteiger partial charge in [0.05, 0.1) is 0 Å². The van der Waals surface area contributed by atoms with Crippen LogP contribution in [0.1, 0.15) is 11.1 Å². The van der Waals surface area contributed by atoms with Crippen LogP contribution in [0.4, 0.5) is 0 Å². The Hall–Kier alpha value is -0.900. The molecule has 0 aliphatic carbocycles. The average Bonchev–Trinajstić information content (AvgIpc) is 2.38. The highest BCUT2D eigenvalue weighted by molar-refractivity contribution is 9.10. The van der Waals surface area contributed by atoms with Crippen LogP contribution in [0.25, 0.3) is 0 Å². The second kappa shape index (κ2) is 7.04. The summed E-state index contributed by atoms with van der Waals surface area (Å²) >= 11 is 9.38. The highest BCUT2D eigenvalue weighted by Gasteiger charge is 2.10. The summed E-state index contributed by atoms with van der Waals surface area (Å²) in [6.07, 6.45) is 5.21. The van der Waals surface area contributed by atoms with Gasteiger partial charge in [0.1, 0.15) is 0 Å². The topological polar surface area (TPSA) is 33.1 Å². The molecule has 0 fully saturated rings. The fourth-order valence-corrected chi connectivity index (χ4v) is 2.72. The lowest BCUT2D eigenvalue weighted by molar-refractivity contribution is 0.225. The number of hydrogen-bond donors (Lipinski definition) is 1. The van der Waals surface area contributed by atoms with Gasteiger partial charge in [-0.15, -0.1) is 0 Å². The molecule has 4 heteroatoms. The summed E-state index contributed by atoms with van der Waals surface area (Å²) in [6, 6.07) is 9.81. The fourth-order valence-electron chi connectivity index (χ4n) is 2.10. The van der Waals surface area contributed by atoms with Crippen molar-refractivity contribution in [3.63, 3.8) is 0 Å². The van der Waals surface area contributed by atoms with E-state index in [1.807, 2.05) is 36.5 Å². The zero-order chi connectivity index (χ0) is 13.7. The van der Waals surface area contributed by atoms with E-state index in [4.69, 9.17) is 11.6 Å². The van der Waals surface area contributed by atoms with E-state index < -0.39 is 0 Å². The number of nitrogens with zero attached hydrogens (tertiary/aromatic N) is 1. The molecule has 0 saturated heterocycles. The van der Waals surface area contributed by atoms with Crippen LogP contribution >= 0.6 is 27.5 Å². The maximum atomic E-state index is 9.52. The molecule has 1 heterocycles. The molecule has 100 valence electrons. The van der Waals surface area contributed by atoms with E-state index in [1.54, 1.807) is 6.20 Å². The van der Waals surface area contributed by atoms with Crippen LogP contribution in [0.15, 0.2) is 47.2 Å². The lowest BCUT2D eigenvalue weighted by atomic mass is 9.94. The lowest BCUT2D eigenvalue weighted by Gasteiger charge is -2.14. The van der Waals surface area contributed by atoms with Crippen molar-refractivity contribution in [2.45, 2.75) is 12.8 Å². The summed E-state index contributed by atoms with van der Waals surface area (Å²) in [4.78, 5) is 4.14. The van der Waals surface area contributed by atoms with Crippen LogP contribution < -0.4 is 0 Å². The number of hydrogen-bond acceptors (Lipinski definition) is 2. The molecule has 2 rings (SSSR count). The Balaban J connectivity index is 2.04. The van der Waals surface area contributed by atoms with E-state index in [2.05, 4.69) is 20.9 Å². The van der Waals surface area contributed by atoms with Gasteiger partial charge < -0.3 is 5.11 Å². The highest BCUT2D eigenvalue weighted by Crippen LogP contribution is 2.18. The molecular formula is C15H15BrClNO. The van der Waals surface area contributed by atoms with E-state index in [0.29, 0.717) is 0 Å². The van der Waals surface area contributed by atoms with Gasteiger partial charge in [0.15, 0.2) is 0 Å². The first-order chi connectivity index (χ1) is 9.17. The predicted octanol–water partition coefficient (Wildman–Crippen LogP) is 3.89. The Kier molecular flexibility index (Phi) is 5.37. The molecule has 2 aromatic rings. The first-order valence-corrected chi connectivity index (χ1v) is 7.29. The third kappa shape index (κ3) is 4.60. The first kappa shape index (κ1) is 14.5. The van der Waals surface area contributed by atoms with Crippen LogP contribution in [0.2, 0.25) is 5.02 Å². The number of aromatic nitrogens is 1. The van der Waals surface area contributed by atoms with Gasteiger partial charge in [-0.1, -0.05) is 23.7 Å². The second-order valence-corrected chi connectivity index (χ2v) is 5.95. The summed E-state index contributed by atoms with van der Waals surface area (Å²) in [7, 11) is 0. The number of rotatable bonds is 5. The van der Waals surface area contributed by atoms with Gasteiger partial charge >= 0.3 is 0 Å². The van der Waals surface area contributed by atoms with Gasteiger partial charge in [-0.05, 0) is 64.0 Å². The number of halogens is 2. The monoisotopic (exact) mass is 339 g/mol. The van der Waals surface area contributed by atoms with Gasteiger partial charge in [-0.2, -0.15) is 0 Å². The fraction of sp³-hybridized carbons (Fsp3) is 0.267. The van der Waals surface area contributed by atoms with Gasteiger partial charge in [-0.3, -0.25) is 4.98 Å². The molecular weight excluding hydrogens is 326 g/mol. The largest absolute Gasteiger partial charge is 0.396 e. The zero-order valence-electron chi connectivity index (χ0n) is 10.4. The first-order valence-electron chi connectivity index (χ1n) is 6.12. The Morgan fingerprint density at radius 1 is 1.16 bits per heavy atom. The van der Waals surface area contributed by atoms with Gasteiger partial charge in [-0.25, -0.2) is 0 Å². The van der Waals surface area contributed by atoms with Crippen LogP contribution in [0.3, 0.4) is 0 Å². The van der Waals surface area contributed by atoms with Crippen molar-refractivity contribution in [3.05, 3.63) is 63.3 Å². The van der Waals surface area contributed by atoms with E-state index in [9.17, 15) is 5.11 Å². The van der Waals surface area contributed by atoms with Crippen molar-refractivity contribution in [1.82, 2.24) is 4.98 Å². The Labute approximate surface area is 126 Å². The molecule has 19 heavy (non-hydrogen) atoms. The quantitative estimate of drug-likeness (QED) is 0.895. The number of aliphatic hydroxyl groups is 1. The molecule has 1 aromatic heterocycles. The molecule has 0 radical (unpaired) electrons. The number of benzene rings is 1. The second-order valence-electron chi connectivity index (χ2n) is 4.60. The van der Waals surface area contributed by atoms with Gasteiger partial charge in [0.25, 0.3) is 0 Å². The summed E-state index contributed by atoms with van der Waals surface area (Å²) in [5.41, 5.74) is 2.27. The molecule has 0 amide bonds. The number of pyridine rings is 1. The molecule has 1 unspecified atom stereocenters. The third-order valence-electron chi connectivity index (χ3n) is 2.96. The molecule has 1 aromatic carbocycles. The van der Waals surface area contributed by atoms with Crippen molar-refractivity contribution in [1.29, 1.82) is 0 Å². The third-order valence-corrected chi connectivity index (χ3v) is 3.63. The maximum Gasteiger partial charge on any atom is 0.0465 e. The smallest absolute Gasteiger partial charge is 0.0465 e. The van der Waals surface area contributed by atoms with Crippen molar-refractivity contribution in [2.24, 2.45) is 5.92 Å². The molecule has 2 nitrogen and oxygen atoms in total. The molecule has 0 saturated carbocycles. The molecule has 0 aliphatic rings. The predicted molar refractivity (Wildman–Crippen MR) is 81.4 cm³/mol. The van der Waals surface area contributed by atoms with Gasteiger partial charge in [0, 0.05) is 28.5 Å². The Morgan fingerprint density at radius 3 is 2.63 bits per heavy atom. The molecule has 1 atom stereocenters. The number of aliphatic hydroxyl groups excluding tert-OH is 1. The minimum Gasteiger partial charge on any atom is -0.396 e. The zero-order valence-corrected chi connectivity index (χ0v) is 12.7. The standard InChI is InChI=1S/C15H15BrClNO/c16-14-6-12(8-18-9-14)5-13(10-19)4-11-2-1-3-15(17)7-11/h1-3,6-9,13,19H,4-5,10H2. The molecule has 0 spiro atoms. The van der Waals surface area contributed by atoms with Gasteiger partial charge in [0.2, 0.25) is 0 Å². The van der Waals surface area contributed by atoms with E-state index in [-0.39, 0.29) is 12.5 Å². The van der Waals surface area contributed by atoms with Crippen molar-refractivity contribution in [2.75, 3.05) is 6.61 Å². The van der Waals surface area contributed by atoms with Crippen LogP contribution in [0.5, 0.6) is 0 Å². The average molecular weight is 341 g/mol. The summed E-state index contributed by atoms with van der Waals surface area (Å²) in [6.45, 7) is 0.152. The van der Waals surface area contributed by atoms with Crippen LogP contribution in [0, 0.1) is 5.92 Å². The highest BCUT2D eigenvalue weighted by atomic mass is 79.9. The van der Waals surface area contributed by atoms with Crippen molar-refractivity contribution < 1.29 is 5.11 Å². The van der Waals surface area contributed by atoms with E-state index in [1.165, 1.54) is 0 Å².